The molecule has 1 heterocycles. The molecule has 0 aliphatic heterocycles. The molecule has 0 spiro atoms. The van der Waals surface area contributed by atoms with E-state index in [2.05, 4.69) is 69.7 Å². The molecule has 4 aromatic carbocycles. The first-order valence-corrected chi connectivity index (χ1v) is 15.2. The summed E-state index contributed by atoms with van der Waals surface area (Å²) in [5, 5.41) is 0. The average Bonchev–Trinajstić information content (AvgIpc) is 3.39. The van der Waals surface area contributed by atoms with E-state index in [-0.39, 0.29) is 5.75 Å². The largest absolute Gasteiger partial charge is 0.494 e. The van der Waals surface area contributed by atoms with Gasteiger partial charge in [-0.25, -0.2) is 4.98 Å². The summed E-state index contributed by atoms with van der Waals surface area (Å²) in [5.74, 6) is 1.94. The van der Waals surface area contributed by atoms with Gasteiger partial charge in [0.2, 0.25) is 0 Å². The Morgan fingerprint density at radius 1 is 0.727 bits per heavy atom. The Morgan fingerprint density at radius 3 is 2.07 bits per heavy atom. The molecule has 0 amide bonds. The first kappa shape index (κ1) is 31.0. The molecule has 7 heteroatoms. The highest BCUT2D eigenvalue weighted by molar-refractivity contribution is 5.68. The van der Waals surface area contributed by atoms with E-state index in [1.807, 2.05) is 55.5 Å². The molecule has 0 N–H and O–H groups in total. The molecule has 44 heavy (non-hydrogen) atoms. The molecule has 0 saturated carbocycles. The van der Waals surface area contributed by atoms with Crippen LogP contribution in [0.15, 0.2) is 109 Å². The van der Waals surface area contributed by atoms with E-state index < -0.39 is 6.61 Å². The molecule has 0 atom stereocenters. The third kappa shape index (κ3) is 8.11. The van der Waals surface area contributed by atoms with E-state index >= 15 is 0 Å². The second-order valence-electron chi connectivity index (χ2n) is 10.7. The normalized spacial score (nSPS) is 11.3. The summed E-state index contributed by atoms with van der Waals surface area (Å²) >= 11 is 0. The number of halogens is 2. The minimum absolute atomic E-state index is 0.149. The van der Waals surface area contributed by atoms with Crippen molar-refractivity contribution in [1.29, 1.82) is 0 Å². The van der Waals surface area contributed by atoms with E-state index in [1.54, 1.807) is 12.1 Å². The summed E-state index contributed by atoms with van der Waals surface area (Å²) in [4.78, 5) is 7.65. The van der Waals surface area contributed by atoms with Crippen LogP contribution in [0.4, 0.5) is 8.78 Å². The van der Waals surface area contributed by atoms with Gasteiger partial charge in [-0.05, 0) is 48.7 Å². The van der Waals surface area contributed by atoms with Gasteiger partial charge >= 0.3 is 6.61 Å². The van der Waals surface area contributed by atoms with Crippen molar-refractivity contribution in [3.8, 4) is 34.1 Å². The van der Waals surface area contributed by atoms with E-state index in [4.69, 9.17) is 9.72 Å². The van der Waals surface area contributed by atoms with Gasteiger partial charge in [0.1, 0.15) is 17.3 Å². The molecule has 5 aromatic rings. The summed E-state index contributed by atoms with van der Waals surface area (Å²) in [6.45, 7) is 4.66. The predicted octanol–water partition coefficient (Wildman–Crippen LogP) is 9.22. The maximum absolute atomic E-state index is 12.8. The molecule has 0 bridgehead atoms. The fourth-order valence-corrected chi connectivity index (χ4v) is 5.41. The van der Waals surface area contributed by atoms with Gasteiger partial charge in [-0.3, -0.25) is 4.90 Å². The molecule has 0 radical (unpaired) electrons. The molecule has 228 valence electrons. The van der Waals surface area contributed by atoms with Gasteiger partial charge in [0.15, 0.2) is 0 Å². The van der Waals surface area contributed by atoms with E-state index in [0.29, 0.717) is 26.2 Å². The number of nitrogens with zero attached hydrogens (tertiary/aromatic N) is 3. The first-order valence-electron chi connectivity index (χ1n) is 15.2. The number of alkyl halides is 2. The lowest BCUT2D eigenvalue weighted by molar-refractivity contribution is -0.0498. The Morgan fingerprint density at radius 2 is 1.41 bits per heavy atom. The number of unbranched alkanes of at least 4 members (excludes halogenated alkanes) is 1. The fraction of sp³-hybridized carbons (Fsp3) is 0.270. The molecule has 0 unspecified atom stereocenters. The molecule has 0 saturated heterocycles. The zero-order valence-electron chi connectivity index (χ0n) is 25.3. The van der Waals surface area contributed by atoms with Crippen LogP contribution >= 0.6 is 0 Å². The van der Waals surface area contributed by atoms with Crippen molar-refractivity contribution in [2.45, 2.75) is 59.5 Å². The van der Waals surface area contributed by atoms with Crippen molar-refractivity contribution in [2.24, 2.45) is 0 Å². The number of hydrogen-bond donors (Lipinski definition) is 0. The number of imidazole rings is 1. The van der Waals surface area contributed by atoms with Gasteiger partial charge in [0.25, 0.3) is 0 Å². The van der Waals surface area contributed by atoms with Crippen molar-refractivity contribution in [1.82, 2.24) is 14.5 Å². The van der Waals surface area contributed by atoms with Gasteiger partial charge in [-0.2, -0.15) is 8.78 Å². The third-order valence-corrected chi connectivity index (χ3v) is 7.43. The predicted molar refractivity (Wildman–Crippen MR) is 172 cm³/mol. The zero-order chi connectivity index (χ0) is 30.7. The molecular weight excluding hydrogens is 556 g/mol. The summed E-state index contributed by atoms with van der Waals surface area (Å²) < 4.78 is 38.3. The highest BCUT2D eigenvalue weighted by Crippen LogP contribution is 2.32. The minimum Gasteiger partial charge on any atom is -0.494 e. The zero-order valence-corrected chi connectivity index (χ0v) is 25.3. The van der Waals surface area contributed by atoms with Crippen LogP contribution in [-0.4, -0.2) is 27.7 Å². The Kier molecular flexibility index (Phi) is 10.8. The van der Waals surface area contributed by atoms with E-state index in [1.165, 1.54) is 0 Å². The summed E-state index contributed by atoms with van der Waals surface area (Å²) in [6, 6.07) is 35.8. The Labute approximate surface area is 258 Å². The number of benzene rings is 4. The Bertz CT molecular complexity index is 1590. The van der Waals surface area contributed by atoms with Crippen LogP contribution in [0.3, 0.4) is 0 Å². The van der Waals surface area contributed by atoms with Crippen molar-refractivity contribution >= 4 is 0 Å². The molecule has 5 nitrogen and oxygen atoms in total. The molecule has 0 aliphatic rings. The van der Waals surface area contributed by atoms with Crippen LogP contribution in [0.5, 0.6) is 11.5 Å². The van der Waals surface area contributed by atoms with Crippen LogP contribution in [0, 0.1) is 0 Å². The van der Waals surface area contributed by atoms with Gasteiger partial charge in [0, 0.05) is 37.3 Å². The van der Waals surface area contributed by atoms with Gasteiger partial charge in [-0.1, -0.05) is 98.3 Å². The number of ether oxygens (including phenoxy) is 2. The Hall–Kier alpha value is -4.49. The summed E-state index contributed by atoms with van der Waals surface area (Å²) in [5.41, 5.74) is 6.38. The molecule has 5 rings (SSSR count). The minimum atomic E-state index is -2.85. The quantitative estimate of drug-likeness (QED) is 0.121. The molecule has 1 aromatic heterocycles. The monoisotopic (exact) mass is 595 g/mol. The number of hydrogen-bond acceptors (Lipinski definition) is 4. The fourth-order valence-electron chi connectivity index (χ4n) is 5.41. The van der Waals surface area contributed by atoms with Crippen LogP contribution < -0.4 is 9.47 Å². The lowest BCUT2D eigenvalue weighted by atomic mass is 10.1. The number of aromatic nitrogens is 2. The van der Waals surface area contributed by atoms with Crippen LogP contribution in [0.2, 0.25) is 0 Å². The second-order valence-corrected chi connectivity index (χ2v) is 10.7. The maximum atomic E-state index is 12.8. The van der Waals surface area contributed by atoms with E-state index in [9.17, 15) is 8.78 Å². The third-order valence-electron chi connectivity index (χ3n) is 7.43. The van der Waals surface area contributed by atoms with Crippen molar-refractivity contribution in [3.63, 3.8) is 0 Å². The molecular formula is C37H39F2N3O2. The highest BCUT2D eigenvalue weighted by atomic mass is 19.3. The Balaban J connectivity index is 1.57. The number of rotatable bonds is 15. The van der Waals surface area contributed by atoms with Gasteiger partial charge in [-0.15, -0.1) is 0 Å². The lowest BCUT2D eigenvalue weighted by Crippen LogP contribution is -2.24. The van der Waals surface area contributed by atoms with Crippen LogP contribution in [0.1, 0.15) is 43.5 Å². The molecule has 0 fully saturated rings. The van der Waals surface area contributed by atoms with Gasteiger partial charge in [0.05, 0.1) is 18.0 Å². The summed E-state index contributed by atoms with van der Waals surface area (Å²) in [6.07, 6.45) is 2.09. The highest BCUT2D eigenvalue weighted by Gasteiger charge is 2.22. The second kappa shape index (κ2) is 15.3. The van der Waals surface area contributed by atoms with Crippen molar-refractivity contribution in [2.75, 3.05) is 6.61 Å². The SMILES string of the molecule is CCCCn1c(-c2ccccc2)nc(-c2ccccc2)c1CN(Cc1ccc(OC(F)F)cc1)Cc1cccc(OCC)c1. The van der Waals surface area contributed by atoms with Crippen molar-refractivity contribution < 1.29 is 18.3 Å². The summed E-state index contributed by atoms with van der Waals surface area (Å²) in [7, 11) is 0. The van der Waals surface area contributed by atoms with Gasteiger partial charge < -0.3 is 14.0 Å². The lowest BCUT2D eigenvalue weighted by Gasteiger charge is -2.25. The topological polar surface area (TPSA) is 39.5 Å². The average molecular weight is 596 g/mol. The maximum Gasteiger partial charge on any atom is 0.387 e. The standard InChI is InChI=1S/C37H39F2N3O2/c1-3-5-23-42-34(35(30-14-8-6-9-15-30)40-36(42)31-16-10-7-11-17-31)27-41(26-29-13-12-18-33(24-29)43-4-2)25-28-19-21-32(22-20-28)44-37(38)39/h6-22,24,37H,3-5,23,25-27H2,1-2H3. The van der Waals surface area contributed by atoms with Crippen molar-refractivity contribution in [3.05, 3.63) is 126 Å². The van der Waals surface area contributed by atoms with Crippen LogP contribution in [-0.2, 0) is 26.2 Å². The first-order chi connectivity index (χ1) is 21.5. The van der Waals surface area contributed by atoms with E-state index in [0.717, 1.165) is 64.6 Å². The molecule has 0 aliphatic carbocycles. The van der Waals surface area contributed by atoms with Crippen LogP contribution in [0.25, 0.3) is 22.6 Å². The smallest absolute Gasteiger partial charge is 0.387 e.